The third-order valence-electron chi connectivity index (χ3n) is 4.82. The Morgan fingerprint density at radius 1 is 1.00 bits per heavy atom. The summed E-state index contributed by atoms with van der Waals surface area (Å²) in [7, 11) is 0. The number of fused-ring (bicyclic) bond motifs is 1. The van der Waals surface area contributed by atoms with Gasteiger partial charge in [-0.15, -0.1) is 16.4 Å². The molecular weight excluding hydrogens is 410 g/mol. The fourth-order valence-electron chi connectivity index (χ4n) is 3.23. The van der Waals surface area contributed by atoms with E-state index in [1.165, 1.54) is 27.1 Å². The largest absolute Gasteiger partial charge is 0.284 e. The van der Waals surface area contributed by atoms with Crippen LogP contribution in [0.4, 0.5) is 11.6 Å². The molecule has 8 heteroatoms. The lowest BCUT2D eigenvalue weighted by Crippen LogP contribution is -2.44. The van der Waals surface area contributed by atoms with Crippen molar-refractivity contribution < 1.29 is 4.79 Å². The lowest BCUT2D eigenvalue weighted by molar-refractivity contribution is 0.106. The van der Waals surface area contributed by atoms with Crippen LogP contribution in [0, 0.1) is 6.92 Å². The molecule has 0 radical (unpaired) electrons. The Morgan fingerprint density at radius 2 is 1.77 bits per heavy atom. The van der Waals surface area contributed by atoms with Crippen LogP contribution in [0.25, 0.3) is 11.3 Å². The number of rotatable bonds is 4. The molecule has 31 heavy (non-hydrogen) atoms. The van der Waals surface area contributed by atoms with E-state index in [1.54, 1.807) is 12.1 Å². The van der Waals surface area contributed by atoms with Crippen LogP contribution in [-0.2, 0) is 0 Å². The van der Waals surface area contributed by atoms with Gasteiger partial charge in [0.05, 0.1) is 16.3 Å². The Morgan fingerprint density at radius 3 is 2.48 bits per heavy atom. The summed E-state index contributed by atoms with van der Waals surface area (Å²) in [5.74, 6) is 0.0293. The number of anilines is 2. The number of aryl methyl sites for hydroxylation is 1. The number of amidine groups is 1. The van der Waals surface area contributed by atoms with Gasteiger partial charge in [0.25, 0.3) is 11.5 Å². The van der Waals surface area contributed by atoms with E-state index in [1.807, 2.05) is 66.9 Å². The fraction of sp³-hybridized carbons (Fsp3) is 0.0435. The number of nitrogens with one attached hydrogen (secondary N) is 1. The van der Waals surface area contributed by atoms with Crippen molar-refractivity contribution in [3.8, 4) is 11.3 Å². The third-order valence-corrected chi connectivity index (χ3v) is 5.68. The van der Waals surface area contributed by atoms with Gasteiger partial charge in [0.2, 0.25) is 11.6 Å². The maximum absolute atomic E-state index is 13.0. The highest BCUT2D eigenvalue weighted by Crippen LogP contribution is 2.28. The van der Waals surface area contributed by atoms with Gasteiger partial charge in [0, 0.05) is 11.6 Å². The highest BCUT2D eigenvalue weighted by molar-refractivity contribution is 7.13. The average Bonchev–Trinajstić information content (AvgIpc) is 3.34. The first-order valence-electron chi connectivity index (χ1n) is 9.60. The van der Waals surface area contributed by atoms with Crippen LogP contribution in [0.1, 0.15) is 15.2 Å². The molecule has 0 saturated carbocycles. The minimum atomic E-state index is -0.340. The molecular formula is C23H17N5O2S. The van der Waals surface area contributed by atoms with Crippen molar-refractivity contribution in [2.24, 2.45) is 5.10 Å². The number of carbonyl (C=O) groups is 1. The zero-order valence-electron chi connectivity index (χ0n) is 16.5. The molecule has 0 unspecified atom stereocenters. The molecule has 2 aromatic heterocycles. The summed E-state index contributed by atoms with van der Waals surface area (Å²) >= 11 is 1.32. The van der Waals surface area contributed by atoms with E-state index in [2.05, 4.69) is 10.5 Å². The predicted octanol–water partition coefficient (Wildman–Crippen LogP) is 4.17. The number of ketones is 1. The summed E-state index contributed by atoms with van der Waals surface area (Å²) in [4.78, 5) is 31.2. The van der Waals surface area contributed by atoms with Gasteiger partial charge in [-0.25, -0.2) is 4.98 Å². The van der Waals surface area contributed by atoms with Crippen molar-refractivity contribution in [2.45, 2.75) is 6.92 Å². The number of hydrogen-bond acceptors (Lipinski definition) is 7. The maximum Gasteiger partial charge on any atom is 0.274 e. The number of nitrogens with zero attached hydrogens (tertiary/aromatic N) is 4. The van der Waals surface area contributed by atoms with Crippen LogP contribution < -0.4 is 16.0 Å². The van der Waals surface area contributed by atoms with Crippen LogP contribution in [0.2, 0.25) is 0 Å². The molecule has 1 N–H and O–H groups in total. The number of aromatic nitrogens is 2. The van der Waals surface area contributed by atoms with Gasteiger partial charge >= 0.3 is 0 Å². The number of benzene rings is 2. The molecule has 0 fully saturated rings. The Balaban J connectivity index is 1.67. The van der Waals surface area contributed by atoms with E-state index < -0.39 is 0 Å². The first-order chi connectivity index (χ1) is 15.1. The summed E-state index contributed by atoms with van der Waals surface area (Å²) in [5.41, 5.74) is 5.63. The van der Waals surface area contributed by atoms with E-state index in [4.69, 9.17) is 4.98 Å². The van der Waals surface area contributed by atoms with Crippen LogP contribution in [0.5, 0.6) is 0 Å². The molecule has 4 aromatic rings. The van der Waals surface area contributed by atoms with Crippen LogP contribution in [-0.4, -0.2) is 21.3 Å². The fourth-order valence-corrected chi connectivity index (χ4v) is 3.89. The van der Waals surface area contributed by atoms with Crippen LogP contribution >= 0.6 is 11.3 Å². The Bertz CT molecular complexity index is 1340. The molecule has 0 spiro atoms. The van der Waals surface area contributed by atoms with Crippen molar-refractivity contribution in [2.75, 3.05) is 10.4 Å². The lowest BCUT2D eigenvalue weighted by atomic mass is 10.1. The number of thiophene rings is 1. The zero-order chi connectivity index (χ0) is 21.4. The van der Waals surface area contributed by atoms with Gasteiger partial charge < -0.3 is 0 Å². The quantitative estimate of drug-likeness (QED) is 0.495. The molecule has 1 aliphatic heterocycles. The van der Waals surface area contributed by atoms with E-state index >= 15 is 0 Å². The monoisotopic (exact) mass is 427 g/mol. The highest BCUT2D eigenvalue weighted by Gasteiger charge is 2.28. The smallest absolute Gasteiger partial charge is 0.274 e. The highest BCUT2D eigenvalue weighted by atomic mass is 32.1. The van der Waals surface area contributed by atoms with Crippen LogP contribution in [0.3, 0.4) is 0 Å². The molecule has 1 aliphatic rings. The van der Waals surface area contributed by atoms with E-state index in [9.17, 15) is 9.59 Å². The lowest BCUT2D eigenvalue weighted by Gasteiger charge is -2.28. The summed E-state index contributed by atoms with van der Waals surface area (Å²) in [5, 5.41) is 7.87. The molecule has 0 amide bonds. The molecule has 3 heterocycles. The summed E-state index contributed by atoms with van der Waals surface area (Å²) in [6.07, 6.45) is 0. The molecule has 2 aromatic carbocycles. The van der Waals surface area contributed by atoms with Crippen LogP contribution in [0.15, 0.2) is 88.1 Å². The maximum atomic E-state index is 13.0. The molecule has 0 aliphatic carbocycles. The molecule has 152 valence electrons. The predicted molar refractivity (Wildman–Crippen MR) is 123 cm³/mol. The van der Waals surface area contributed by atoms with Gasteiger partial charge in [0.1, 0.15) is 0 Å². The number of hydrogen-bond donors (Lipinski definition) is 1. The first-order valence-corrected chi connectivity index (χ1v) is 10.5. The molecule has 0 saturated heterocycles. The molecule has 0 bridgehead atoms. The van der Waals surface area contributed by atoms with Crippen molar-refractivity contribution in [1.82, 2.24) is 9.66 Å². The van der Waals surface area contributed by atoms with E-state index in [0.29, 0.717) is 16.3 Å². The first kappa shape index (κ1) is 19.0. The third kappa shape index (κ3) is 3.53. The minimum absolute atomic E-state index is 0.0480. The second-order valence-electron chi connectivity index (χ2n) is 7.00. The SMILES string of the molecule is Cc1ccc(N2N=C(C(=O)c3cccs3)Nn3c2nc(-c2ccccc2)cc3=O)cc1. The Labute approximate surface area is 181 Å². The van der Waals surface area contributed by atoms with Gasteiger partial charge in [-0.3, -0.25) is 15.0 Å². The van der Waals surface area contributed by atoms with Gasteiger partial charge in [-0.05, 0) is 30.5 Å². The molecule has 5 rings (SSSR count). The average molecular weight is 427 g/mol. The second kappa shape index (κ2) is 7.66. The Hall–Kier alpha value is -4.04. The zero-order valence-corrected chi connectivity index (χ0v) is 17.3. The number of Topliss-reactive ketones (excluding diaryl/α,β-unsaturated/α-hetero) is 1. The van der Waals surface area contributed by atoms with E-state index in [-0.39, 0.29) is 23.1 Å². The normalized spacial score (nSPS) is 12.7. The van der Waals surface area contributed by atoms with Crippen molar-refractivity contribution in [3.63, 3.8) is 0 Å². The Kier molecular flexibility index (Phi) is 4.68. The van der Waals surface area contributed by atoms with Gasteiger partial charge in [-0.2, -0.15) is 9.69 Å². The summed E-state index contributed by atoms with van der Waals surface area (Å²) < 4.78 is 1.25. The standard InChI is InChI=1S/C23H17N5O2S/c1-15-9-11-17(12-10-15)27-23-24-18(16-6-3-2-4-7-16)14-20(29)28(23)26-22(25-27)21(30)19-8-5-13-31-19/h2-14H,1H3,(H,25,26). The van der Waals surface area contributed by atoms with Crippen molar-refractivity contribution >= 4 is 34.6 Å². The topological polar surface area (TPSA) is 79.6 Å². The molecule has 0 atom stereocenters. The molecule has 7 nitrogen and oxygen atoms in total. The minimum Gasteiger partial charge on any atom is -0.284 e. The van der Waals surface area contributed by atoms with Gasteiger partial charge in [0.15, 0.2) is 0 Å². The van der Waals surface area contributed by atoms with Crippen molar-refractivity contribution in [3.05, 3.63) is 99.0 Å². The number of hydrazone groups is 1. The summed E-state index contributed by atoms with van der Waals surface area (Å²) in [6, 6.07) is 22.1. The summed E-state index contributed by atoms with van der Waals surface area (Å²) in [6.45, 7) is 1.99. The number of carbonyl (C=O) groups excluding carboxylic acids is 1. The van der Waals surface area contributed by atoms with Gasteiger partial charge in [-0.1, -0.05) is 54.1 Å². The van der Waals surface area contributed by atoms with E-state index in [0.717, 1.165) is 11.1 Å². The van der Waals surface area contributed by atoms with Crippen molar-refractivity contribution in [1.29, 1.82) is 0 Å². The second-order valence-corrected chi connectivity index (χ2v) is 7.94.